The number of aromatic nitrogens is 4. The second-order valence-electron chi connectivity index (χ2n) is 5.99. The van der Waals surface area contributed by atoms with E-state index in [0.29, 0.717) is 10.6 Å². The Balaban J connectivity index is 1.86. The van der Waals surface area contributed by atoms with E-state index in [1.807, 2.05) is 0 Å². The van der Waals surface area contributed by atoms with E-state index in [4.69, 9.17) is 16.7 Å². The average Bonchev–Trinajstić information content (AvgIpc) is 3.27. The summed E-state index contributed by atoms with van der Waals surface area (Å²) in [6.07, 6.45) is 0.385. The van der Waals surface area contributed by atoms with E-state index in [-0.39, 0.29) is 27.7 Å². The Bertz CT molecular complexity index is 1060. The maximum absolute atomic E-state index is 12.8. The lowest BCUT2D eigenvalue weighted by Gasteiger charge is -2.11. The molecular weight excluding hydrogens is 436 g/mol. The molecule has 156 valence electrons. The van der Waals surface area contributed by atoms with E-state index in [1.54, 1.807) is 6.07 Å². The number of halogens is 1. The molecule has 11 nitrogen and oxygen atoms in total. The van der Waals surface area contributed by atoms with Crippen molar-refractivity contribution >= 4 is 40.6 Å². The normalized spacial score (nSPS) is 11.8. The largest absolute Gasteiger partial charge is 0.394 e. The number of rotatable bonds is 8. The Kier molecular flexibility index (Phi) is 6.95. The highest BCUT2D eigenvalue weighted by Gasteiger charge is 2.16. The van der Waals surface area contributed by atoms with Crippen molar-refractivity contribution in [1.29, 1.82) is 0 Å². The molecule has 0 fully saturated rings. The summed E-state index contributed by atoms with van der Waals surface area (Å²) in [5, 5.41) is 43.2. The van der Waals surface area contributed by atoms with Crippen LogP contribution < -0.4 is 5.32 Å². The van der Waals surface area contributed by atoms with Gasteiger partial charge in [0.1, 0.15) is 6.33 Å². The number of anilines is 1. The SMILES string of the molecule is O=C(Nc1cc(SC[C@@H](O)CO)cc([N+](=O)[O-])c1)c1cc(-n2cnnn2)ccc1Cl. The number of thioether (sulfide) groups is 1. The van der Waals surface area contributed by atoms with Gasteiger partial charge in [0.2, 0.25) is 0 Å². The molecule has 1 amide bonds. The Hall–Kier alpha value is -3.06. The Morgan fingerprint density at radius 3 is 2.80 bits per heavy atom. The van der Waals surface area contributed by atoms with Gasteiger partial charge in [-0.2, -0.15) is 0 Å². The molecule has 0 unspecified atom stereocenters. The molecule has 3 aromatic rings. The molecule has 30 heavy (non-hydrogen) atoms. The van der Waals surface area contributed by atoms with Gasteiger partial charge >= 0.3 is 0 Å². The first-order valence-corrected chi connectivity index (χ1v) is 9.79. The maximum atomic E-state index is 12.8. The molecule has 3 N–H and O–H groups in total. The molecule has 2 aromatic carbocycles. The molecule has 0 aliphatic carbocycles. The van der Waals surface area contributed by atoms with E-state index >= 15 is 0 Å². The van der Waals surface area contributed by atoms with E-state index in [1.165, 1.54) is 41.3 Å². The molecule has 0 saturated heterocycles. The van der Waals surface area contributed by atoms with Crippen molar-refractivity contribution in [2.75, 3.05) is 17.7 Å². The van der Waals surface area contributed by atoms with Gasteiger partial charge in [-0.25, -0.2) is 4.68 Å². The third kappa shape index (κ3) is 5.30. The minimum atomic E-state index is -0.972. The number of hydrogen-bond donors (Lipinski definition) is 3. The summed E-state index contributed by atoms with van der Waals surface area (Å²) in [6.45, 7) is -0.429. The Morgan fingerprint density at radius 1 is 1.33 bits per heavy atom. The van der Waals surface area contributed by atoms with Crippen LogP contribution in [0.5, 0.6) is 0 Å². The summed E-state index contributed by atoms with van der Waals surface area (Å²) in [7, 11) is 0. The summed E-state index contributed by atoms with van der Waals surface area (Å²) in [5.74, 6) is -0.452. The number of aliphatic hydroxyl groups excluding tert-OH is 2. The summed E-state index contributed by atoms with van der Waals surface area (Å²) in [6, 6.07) is 8.68. The fourth-order valence-corrected chi connectivity index (χ4v) is 3.51. The minimum Gasteiger partial charge on any atom is -0.394 e. The third-order valence-electron chi connectivity index (χ3n) is 3.82. The fourth-order valence-electron chi connectivity index (χ4n) is 2.40. The first-order chi connectivity index (χ1) is 14.4. The van der Waals surface area contributed by atoms with Crippen molar-refractivity contribution in [2.24, 2.45) is 0 Å². The monoisotopic (exact) mass is 450 g/mol. The molecule has 13 heteroatoms. The van der Waals surface area contributed by atoms with Crippen LogP contribution in [-0.4, -0.2) is 59.7 Å². The van der Waals surface area contributed by atoms with Gasteiger partial charge in [0, 0.05) is 28.5 Å². The number of non-ortho nitro benzene ring substituents is 1. The number of nitrogens with zero attached hydrogens (tertiary/aromatic N) is 5. The molecule has 0 bridgehead atoms. The van der Waals surface area contributed by atoms with Crippen LogP contribution in [0.3, 0.4) is 0 Å². The number of nitro groups is 1. The standard InChI is InChI=1S/C17H15ClN6O5S/c18-16-2-1-11(23-9-19-21-22-23)6-15(16)17(27)20-10-3-12(24(28)29)5-14(4-10)30-8-13(26)7-25/h1-6,9,13,25-26H,7-8H2,(H,20,27)/t13-/m0/s1. The van der Waals surface area contributed by atoms with Crippen molar-refractivity contribution in [2.45, 2.75) is 11.0 Å². The van der Waals surface area contributed by atoms with Gasteiger partial charge in [0.05, 0.1) is 33.9 Å². The van der Waals surface area contributed by atoms with Crippen molar-refractivity contribution in [3.8, 4) is 5.69 Å². The zero-order valence-electron chi connectivity index (χ0n) is 15.2. The predicted octanol–water partition coefficient (Wildman–Crippen LogP) is 1.92. The van der Waals surface area contributed by atoms with Crippen molar-refractivity contribution in [3.05, 3.63) is 63.4 Å². The third-order valence-corrected chi connectivity index (χ3v) is 5.27. The van der Waals surface area contributed by atoms with Gasteiger partial charge in [-0.15, -0.1) is 16.9 Å². The molecule has 1 heterocycles. The van der Waals surface area contributed by atoms with Gasteiger partial charge in [-0.3, -0.25) is 14.9 Å². The van der Waals surface area contributed by atoms with Crippen molar-refractivity contribution in [3.63, 3.8) is 0 Å². The van der Waals surface area contributed by atoms with Crippen LogP contribution in [-0.2, 0) is 0 Å². The average molecular weight is 451 g/mol. The first kappa shape index (κ1) is 21.6. The zero-order valence-corrected chi connectivity index (χ0v) is 16.7. The van der Waals surface area contributed by atoms with E-state index < -0.39 is 23.5 Å². The maximum Gasteiger partial charge on any atom is 0.272 e. The Morgan fingerprint density at radius 2 is 2.13 bits per heavy atom. The van der Waals surface area contributed by atoms with Crippen LogP contribution in [0, 0.1) is 10.1 Å². The predicted molar refractivity (Wildman–Crippen MR) is 109 cm³/mol. The van der Waals surface area contributed by atoms with Gasteiger partial charge in [0.25, 0.3) is 11.6 Å². The van der Waals surface area contributed by atoms with Crippen molar-refractivity contribution in [1.82, 2.24) is 20.2 Å². The Labute approximate surface area is 178 Å². The zero-order chi connectivity index (χ0) is 21.7. The molecule has 1 aromatic heterocycles. The summed E-state index contributed by atoms with van der Waals surface area (Å²) < 4.78 is 1.35. The molecule has 0 aliphatic heterocycles. The number of amides is 1. The van der Waals surface area contributed by atoms with Crippen LogP contribution in [0.25, 0.3) is 5.69 Å². The van der Waals surface area contributed by atoms with E-state index in [2.05, 4.69) is 20.8 Å². The van der Waals surface area contributed by atoms with Crippen LogP contribution in [0.15, 0.2) is 47.6 Å². The van der Waals surface area contributed by atoms with E-state index in [9.17, 15) is 20.0 Å². The minimum absolute atomic E-state index is 0.126. The highest BCUT2D eigenvalue weighted by molar-refractivity contribution is 7.99. The molecule has 0 saturated carbocycles. The lowest BCUT2D eigenvalue weighted by atomic mass is 10.1. The molecule has 0 spiro atoms. The molecule has 0 aliphatic rings. The highest BCUT2D eigenvalue weighted by atomic mass is 35.5. The quantitative estimate of drug-likeness (QED) is 0.265. The number of hydrogen-bond acceptors (Lipinski definition) is 9. The fraction of sp³-hybridized carbons (Fsp3) is 0.176. The van der Waals surface area contributed by atoms with Crippen molar-refractivity contribution < 1.29 is 19.9 Å². The summed E-state index contributed by atoms with van der Waals surface area (Å²) in [5.41, 5.74) is 0.574. The second-order valence-corrected chi connectivity index (χ2v) is 7.49. The van der Waals surface area contributed by atoms with Gasteiger partial charge in [-0.1, -0.05) is 11.6 Å². The molecule has 3 rings (SSSR count). The number of nitrogens with one attached hydrogen (secondary N) is 1. The topological polar surface area (TPSA) is 156 Å². The number of benzene rings is 2. The van der Waals surface area contributed by atoms with Gasteiger partial charge < -0.3 is 15.5 Å². The summed E-state index contributed by atoms with van der Waals surface area (Å²) in [4.78, 5) is 23.8. The number of nitro benzene ring substituents is 1. The van der Waals surface area contributed by atoms with Crippen LogP contribution in [0.1, 0.15) is 10.4 Å². The lowest BCUT2D eigenvalue weighted by molar-refractivity contribution is -0.385. The molecule has 1 atom stereocenters. The second kappa shape index (κ2) is 9.63. The highest BCUT2D eigenvalue weighted by Crippen LogP contribution is 2.29. The van der Waals surface area contributed by atoms with Crippen LogP contribution in [0.2, 0.25) is 5.02 Å². The summed E-state index contributed by atoms with van der Waals surface area (Å²) >= 11 is 7.25. The van der Waals surface area contributed by atoms with Crippen LogP contribution in [0.4, 0.5) is 11.4 Å². The van der Waals surface area contributed by atoms with Gasteiger partial charge in [0.15, 0.2) is 0 Å². The molecular formula is C17H15ClN6O5S. The number of tetrazole rings is 1. The number of carbonyl (C=O) groups is 1. The lowest BCUT2D eigenvalue weighted by Crippen LogP contribution is -2.15. The van der Waals surface area contributed by atoms with Gasteiger partial charge in [-0.05, 0) is 34.7 Å². The first-order valence-electron chi connectivity index (χ1n) is 8.43. The number of carbonyl (C=O) groups excluding carboxylic acids is 1. The van der Waals surface area contributed by atoms with E-state index in [0.717, 1.165) is 11.8 Å². The number of aliphatic hydroxyl groups is 2. The van der Waals surface area contributed by atoms with Crippen LogP contribution >= 0.6 is 23.4 Å². The molecule has 0 radical (unpaired) electrons. The smallest absolute Gasteiger partial charge is 0.272 e.